The fourth-order valence-corrected chi connectivity index (χ4v) is 2.28. The summed E-state index contributed by atoms with van der Waals surface area (Å²) in [6.45, 7) is 0. The summed E-state index contributed by atoms with van der Waals surface area (Å²) in [5.74, 6) is -0.269. The molecule has 120 valence electrons. The van der Waals surface area contributed by atoms with Gasteiger partial charge in [0.05, 0.1) is 15.7 Å². The smallest absolute Gasteiger partial charge is 0.248 e. The SMILES string of the molecule is O=C(/C=C/c1ccc(Cl)c(Cl)c1)Nc1cccc(-n2cnnn2)c1. The van der Waals surface area contributed by atoms with Crippen LogP contribution in [-0.4, -0.2) is 26.1 Å². The van der Waals surface area contributed by atoms with E-state index < -0.39 is 0 Å². The summed E-state index contributed by atoms with van der Waals surface area (Å²) in [4.78, 5) is 12.0. The number of aromatic nitrogens is 4. The van der Waals surface area contributed by atoms with Crippen LogP contribution in [0.2, 0.25) is 10.0 Å². The minimum Gasteiger partial charge on any atom is -0.322 e. The number of amides is 1. The van der Waals surface area contributed by atoms with Crippen molar-refractivity contribution in [3.05, 3.63) is 70.5 Å². The molecule has 0 radical (unpaired) electrons. The molecule has 0 spiro atoms. The lowest BCUT2D eigenvalue weighted by atomic mass is 10.2. The van der Waals surface area contributed by atoms with Crippen LogP contribution in [0.25, 0.3) is 11.8 Å². The third-order valence-corrected chi connectivity index (χ3v) is 3.84. The van der Waals surface area contributed by atoms with Crippen molar-refractivity contribution in [3.8, 4) is 5.69 Å². The molecule has 1 aromatic heterocycles. The van der Waals surface area contributed by atoms with Crippen LogP contribution in [0, 0.1) is 0 Å². The van der Waals surface area contributed by atoms with E-state index in [2.05, 4.69) is 20.8 Å². The molecule has 0 aliphatic carbocycles. The van der Waals surface area contributed by atoms with Crippen molar-refractivity contribution in [2.75, 3.05) is 5.32 Å². The molecule has 0 aliphatic heterocycles. The molecule has 0 atom stereocenters. The monoisotopic (exact) mass is 359 g/mol. The Morgan fingerprint density at radius 1 is 1.12 bits per heavy atom. The van der Waals surface area contributed by atoms with E-state index in [1.54, 1.807) is 42.5 Å². The molecular weight excluding hydrogens is 349 g/mol. The molecule has 0 unspecified atom stereocenters. The standard InChI is InChI=1S/C16H11Cl2N5O/c17-14-6-4-11(8-15(14)18)5-7-16(24)20-12-2-1-3-13(9-12)23-10-19-21-22-23/h1-10H,(H,20,24)/b7-5+. The number of nitrogens with zero attached hydrogens (tertiary/aromatic N) is 4. The van der Waals surface area contributed by atoms with E-state index in [0.717, 1.165) is 11.3 Å². The highest BCUT2D eigenvalue weighted by Crippen LogP contribution is 2.23. The van der Waals surface area contributed by atoms with E-state index in [0.29, 0.717) is 15.7 Å². The zero-order chi connectivity index (χ0) is 16.9. The molecule has 1 heterocycles. The quantitative estimate of drug-likeness (QED) is 0.722. The Balaban J connectivity index is 1.69. The van der Waals surface area contributed by atoms with Crippen molar-refractivity contribution >= 4 is 40.9 Å². The Hall–Kier alpha value is -2.70. The molecule has 2 aromatic carbocycles. The van der Waals surface area contributed by atoms with Gasteiger partial charge in [0.1, 0.15) is 6.33 Å². The van der Waals surface area contributed by atoms with Crippen molar-refractivity contribution in [1.82, 2.24) is 20.2 Å². The first-order valence-electron chi connectivity index (χ1n) is 6.89. The van der Waals surface area contributed by atoms with Gasteiger partial charge in [-0.15, -0.1) is 5.10 Å². The number of nitrogens with one attached hydrogen (secondary N) is 1. The van der Waals surface area contributed by atoms with Gasteiger partial charge in [0.25, 0.3) is 0 Å². The minimum atomic E-state index is -0.269. The molecular formula is C16H11Cl2N5O. The van der Waals surface area contributed by atoms with E-state index >= 15 is 0 Å². The van der Waals surface area contributed by atoms with Gasteiger partial charge in [-0.25, -0.2) is 4.68 Å². The van der Waals surface area contributed by atoms with Crippen molar-refractivity contribution in [3.63, 3.8) is 0 Å². The Labute approximate surface area is 147 Å². The summed E-state index contributed by atoms with van der Waals surface area (Å²) in [6.07, 6.45) is 4.55. The number of halogens is 2. The summed E-state index contributed by atoms with van der Waals surface area (Å²) in [6, 6.07) is 12.3. The maximum atomic E-state index is 12.0. The molecule has 1 amide bonds. The van der Waals surface area contributed by atoms with E-state index in [4.69, 9.17) is 23.2 Å². The van der Waals surface area contributed by atoms with Crippen LogP contribution in [-0.2, 0) is 4.79 Å². The van der Waals surface area contributed by atoms with Crippen molar-refractivity contribution < 1.29 is 4.79 Å². The van der Waals surface area contributed by atoms with Gasteiger partial charge in [0.15, 0.2) is 0 Å². The highest BCUT2D eigenvalue weighted by atomic mass is 35.5. The average Bonchev–Trinajstić information content (AvgIpc) is 3.11. The van der Waals surface area contributed by atoms with E-state index in [-0.39, 0.29) is 5.91 Å². The van der Waals surface area contributed by atoms with E-state index in [1.807, 2.05) is 6.07 Å². The summed E-state index contributed by atoms with van der Waals surface area (Å²) in [5, 5.41) is 14.6. The van der Waals surface area contributed by atoms with Gasteiger partial charge in [-0.1, -0.05) is 35.3 Å². The average molecular weight is 360 g/mol. The number of anilines is 1. The largest absolute Gasteiger partial charge is 0.322 e. The molecule has 0 bridgehead atoms. The van der Waals surface area contributed by atoms with Crippen molar-refractivity contribution in [2.45, 2.75) is 0 Å². The first kappa shape index (κ1) is 16.2. The Kier molecular flexibility index (Phi) is 4.88. The fraction of sp³-hybridized carbons (Fsp3) is 0. The van der Waals surface area contributed by atoms with Crippen molar-refractivity contribution in [2.24, 2.45) is 0 Å². The van der Waals surface area contributed by atoms with Crippen LogP contribution in [0.4, 0.5) is 5.69 Å². The third-order valence-electron chi connectivity index (χ3n) is 3.10. The number of rotatable bonds is 4. The van der Waals surface area contributed by atoms with E-state index in [9.17, 15) is 4.79 Å². The summed E-state index contributed by atoms with van der Waals surface area (Å²) < 4.78 is 1.50. The van der Waals surface area contributed by atoms with E-state index in [1.165, 1.54) is 17.1 Å². The predicted octanol–water partition coefficient (Wildman–Crippen LogP) is 3.62. The zero-order valence-electron chi connectivity index (χ0n) is 12.2. The number of carbonyl (C=O) groups excluding carboxylic acids is 1. The Morgan fingerprint density at radius 2 is 2.00 bits per heavy atom. The van der Waals surface area contributed by atoms with Gasteiger partial charge in [-0.3, -0.25) is 4.79 Å². The topological polar surface area (TPSA) is 72.7 Å². The molecule has 24 heavy (non-hydrogen) atoms. The number of benzene rings is 2. The number of carbonyl (C=O) groups is 1. The van der Waals surface area contributed by atoms with Gasteiger partial charge >= 0.3 is 0 Å². The lowest BCUT2D eigenvalue weighted by molar-refractivity contribution is -0.111. The van der Waals surface area contributed by atoms with Crippen molar-refractivity contribution in [1.29, 1.82) is 0 Å². The van der Waals surface area contributed by atoms with Crippen LogP contribution in [0.3, 0.4) is 0 Å². The normalized spacial score (nSPS) is 10.9. The molecule has 0 saturated heterocycles. The lowest BCUT2D eigenvalue weighted by Gasteiger charge is -2.05. The molecule has 3 aromatic rings. The lowest BCUT2D eigenvalue weighted by Crippen LogP contribution is -2.08. The second-order valence-electron chi connectivity index (χ2n) is 4.80. The second-order valence-corrected chi connectivity index (χ2v) is 5.62. The number of tetrazole rings is 1. The maximum Gasteiger partial charge on any atom is 0.248 e. The Morgan fingerprint density at radius 3 is 2.75 bits per heavy atom. The fourth-order valence-electron chi connectivity index (χ4n) is 1.98. The third kappa shape index (κ3) is 3.98. The van der Waals surface area contributed by atoms with Crippen LogP contribution < -0.4 is 5.32 Å². The number of hydrogen-bond donors (Lipinski definition) is 1. The molecule has 0 saturated carbocycles. The van der Waals surface area contributed by atoms with Gasteiger partial charge in [-0.2, -0.15) is 0 Å². The second kappa shape index (κ2) is 7.25. The minimum absolute atomic E-state index is 0.269. The van der Waals surface area contributed by atoms with Gasteiger partial charge in [0, 0.05) is 11.8 Å². The molecule has 3 rings (SSSR count). The molecule has 6 nitrogen and oxygen atoms in total. The van der Waals surface area contributed by atoms with Gasteiger partial charge < -0.3 is 5.32 Å². The molecule has 8 heteroatoms. The predicted molar refractivity (Wildman–Crippen MR) is 93.3 cm³/mol. The maximum absolute atomic E-state index is 12.0. The number of hydrogen-bond acceptors (Lipinski definition) is 4. The van der Waals surface area contributed by atoms with Crippen LogP contribution in [0.5, 0.6) is 0 Å². The van der Waals surface area contributed by atoms with Crippen LogP contribution >= 0.6 is 23.2 Å². The summed E-state index contributed by atoms with van der Waals surface area (Å²) in [5.41, 5.74) is 2.15. The summed E-state index contributed by atoms with van der Waals surface area (Å²) in [7, 11) is 0. The highest BCUT2D eigenvalue weighted by molar-refractivity contribution is 6.42. The highest BCUT2D eigenvalue weighted by Gasteiger charge is 2.02. The van der Waals surface area contributed by atoms with Crippen LogP contribution in [0.15, 0.2) is 54.9 Å². The van der Waals surface area contributed by atoms with Gasteiger partial charge in [-0.05, 0) is 52.4 Å². The Bertz CT molecular complexity index is 893. The first-order valence-corrected chi connectivity index (χ1v) is 7.65. The molecule has 0 fully saturated rings. The van der Waals surface area contributed by atoms with Gasteiger partial charge in [0.2, 0.25) is 5.91 Å². The van der Waals surface area contributed by atoms with Crippen LogP contribution in [0.1, 0.15) is 5.56 Å². The summed E-state index contributed by atoms with van der Waals surface area (Å²) >= 11 is 11.8. The first-order chi connectivity index (χ1) is 11.6. The zero-order valence-corrected chi connectivity index (χ0v) is 13.7. The molecule has 1 N–H and O–H groups in total. The molecule has 0 aliphatic rings.